The van der Waals surface area contributed by atoms with Crippen molar-refractivity contribution < 1.29 is 13.5 Å². The molecule has 1 N–H and O–H groups in total. The molecule has 162 valence electrons. The fraction of sp³-hybridized carbons (Fsp3) is 0.304. The number of hydrogen-bond acceptors (Lipinski definition) is 5. The van der Waals surface area contributed by atoms with E-state index in [1.165, 1.54) is 6.26 Å². The van der Waals surface area contributed by atoms with Crippen molar-refractivity contribution in [2.24, 2.45) is 0 Å². The third-order valence-electron chi connectivity index (χ3n) is 5.15. The summed E-state index contributed by atoms with van der Waals surface area (Å²) in [5.74, 6) is 0. The van der Waals surface area contributed by atoms with Crippen LogP contribution in [-0.4, -0.2) is 44.9 Å². The van der Waals surface area contributed by atoms with E-state index in [0.717, 1.165) is 40.0 Å². The van der Waals surface area contributed by atoms with E-state index in [0.29, 0.717) is 6.54 Å². The van der Waals surface area contributed by atoms with Crippen molar-refractivity contribution in [1.29, 1.82) is 0 Å². The molecular weight excluding hydrogens is 412 g/mol. The minimum absolute atomic E-state index is 0.272. The lowest BCUT2D eigenvalue weighted by atomic mass is 10.1. The molecule has 0 spiro atoms. The number of fused-ring (bicyclic) bond motifs is 1. The monoisotopic (exact) mass is 438 g/mol. The average Bonchev–Trinajstić information content (AvgIpc) is 3.31. The van der Waals surface area contributed by atoms with E-state index < -0.39 is 15.4 Å². The van der Waals surface area contributed by atoms with E-state index >= 15 is 0 Å². The molecule has 0 aliphatic rings. The van der Waals surface area contributed by atoms with E-state index in [2.05, 4.69) is 24.2 Å². The molecule has 0 fully saturated rings. The van der Waals surface area contributed by atoms with Gasteiger partial charge in [0.2, 0.25) is 0 Å². The summed E-state index contributed by atoms with van der Waals surface area (Å²) in [6, 6.07) is 14.8. The van der Waals surface area contributed by atoms with Crippen LogP contribution in [0.25, 0.3) is 27.8 Å². The zero-order chi connectivity index (χ0) is 22.4. The van der Waals surface area contributed by atoms with Gasteiger partial charge in [-0.05, 0) is 56.7 Å². The summed E-state index contributed by atoms with van der Waals surface area (Å²) < 4.78 is 27.1. The highest BCUT2D eigenvalue weighted by Gasteiger charge is 2.19. The molecule has 0 saturated carbocycles. The second-order valence-electron chi connectivity index (χ2n) is 8.40. The highest BCUT2D eigenvalue weighted by Crippen LogP contribution is 2.29. The van der Waals surface area contributed by atoms with Gasteiger partial charge in [-0.2, -0.15) is 10.2 Å². The number of nitrogens with zero attached hydrogens (tertiary/aromatic N) is 4. The number of rotatable bonds is 6. The van der Waals surface area contributed by atoms with Crippen LogP contribution >= 0.6 is 0 Å². The second kappa shape index (κ2) is 7.62. The topological polar surface area (TPSA) is 90.0 Å². The Kier molecular flexibility index (Phi) is 5.23. The molecule has 0 atom stereocenters. The van der Waals surface area contributed by atoms with E-state index in [1.54, 1.807) is 49.0 Å². The Morgan fingerprint density at radius 1 is 1.06 bits per heavy atom. The van der Waals surface area contributed by atoms with Crippen LogP contribution in [0.4, 0.5) is 0 Å². The molecule has 0 aliphatic carbocycles. The van der Waals surface area contributed by atoms with Gasteiger partial charge < -0.3 is 5.11 Å². The van der Waals surface area contributed by atoms with Crippen molar-refractivity contribution in [1.82, 2.24) is 19.6 Å². The molecule has 7 nitrogen and oxygen atoms in total. The number of hydrogen-bond donors (Lipinski definition) is 1. The van der Waals surface area contributed by atoms with E-state index in [4.69, 9.17) is 5.10 Å². The number of benzene rings is 2. The van der Waals surface area contributed by atoms with Crippen LogP contribution in [0.3, 0.4) is 0 Å². The van der Waals surface area contributed by atoms with Gasteiger partial charge in [0.25, 0.3) is 0 Å². The lowest BCUT2D eigenvalue weighted by molar-refractivity contribution is 0.0590. The van der Waals surface area contributed by atoms with Gasteiger partial charge in [-0.15, -0.1) is 0 Å². The zero-order valence-electron chi connectivity index (χ0n) is 18.1. The summed E-state index contributed by atoms with van der Waals surface area (Å²) in [6.07, 6.45) is 3.72. The van der Waals surface area contributed by atoms with Gasteiger partial charge >= 0.3 is 0 Å². The first-order chi connectivity index (χ1) is 14.6. The van der Waals surface area contributed by atoms with Gasteiger partial charge in [-0.25, -0.2) is 13.1 Å². The smallest absolute Gasteiger partial charge is 0.175 e. The van der Waals surface area contributed by atoms with Crippen LogP contribution in [0.1, 0.15) is 26.5 Å². The molecule has 4 aromatic rings. The Morgan fingerprint density at radius 2 is 1.77 bits per heavy atom. The number of sulfone groups is 1. The van der Waals surface area contributed by atoms with Crippen molar-refractivity contribution in [3.63, 3.8) is 0 Å². The van der Waals surface area contributed by atoms with E-state index in [9.17, 15) is 13.5 Å². The van der Waals surface area contributed by atoms with Crippen molar-refractivity contribution >= 4 is 20.7 Å². The van der Waals surface area contributed by atoms with Crippen LogP contribution in [0, 0.1) is 0 Å². The van der Waals surface area contributed by atoms with Crippen LogP contribution < -0.4 is 0 Å². The number of aliphatic hydroxyl groups is 1. The maximum Gasteiger partial charge on any atom is 0.175 e. The molecule has 4 rings (SSSR count). The van der Waals surface area contributed by atoms with Crippen LogP contribution in [-0.2, 0) is 22.8 Å². The molecule has 0 amide bonds. The van der Waals surface area contributed by atoms with Crippen molar-refractivity contribution in [3.05, 3.63) is 60.4 Å². The zero-order valence-corrected chi connectivity index (χ0v) is 18.9. The first-order valence-electron chi connectivity index (χ1n) is 10.1. The molecule has 0 radical (unpaired) electrons. The molecule has 0 saturated heterocycles. The van der Waals surface area contributed by atoms with Gasteiger partial charge in [-0.3, -0.25) is 4.68 Å². The lowest BCUT2D eigenvalue weighted by Gasteiger charge is -2.17. The summed E-state index contributed by atoms with van der Waals surface area (Å²) in [4.78, 5) is 0.272. The maximum absolute atomic E-state index is 11.8. The Bertz CT molecular complexity index is 1340. The van der Waals surface area contributed by atoms with Gasteiger partial charge in [0.1, 0.15) is 0 Å². The third kappa shape index (κ3) is 4.26. The number of aromatic nitrogens is 4. The summed E-state index contributed by atoms with van der Waals surface area (Å²) >= 11 is 0. The Morgan fingerprint density at radius 3 is 2.39 bits per heavy atom. The normalized spacial score (nSPS) is 12.5. The average molecular weight is 439 g/mol. The van der Waals surface area contributed by atoms with Crippen LogP contribution in [0.15, 0.2) is 59.6 Å². The largest absolute Gasteiger partial charge is 0.389 e. The Hall–Kier alpha value is -2.97. The van der Waals surface area contributed by atoms with Crippen LogP contribution in [0.2, 0.25) is 0 Å². The standard InChI is InChI=1S/C23H26N4O3S/c1-5-20-19-11-6-16(14-22(19)26(25-20)15-23(2,3)28)21-12-13-24-27(21)17-7-9-18(10-8-17)31(4,29)30/h6-14,28H,5,15H2,1-4H3. The summed E-state index contributed by atoms with van der Waals surface area (Å²) in [6.45, 7) is 5.99. The Labute approximate surface area is 181 Å². The SMILES string of the molecule is CCc1nn(CC(C)(C)O)c2cc(-c3ccnn3-c3ccc(S(C)(=O)=O)cc3)ccc12. The fourth-order valence-corrected chi connectivity index (χ4v) is 4.34. The highest BCUT2D eigenvalue weighted by atomic mass is 32.2. The van der Waals surface area contributed by atoms with E-state index in [-0.39, 0.29) is 4.90 Å². The highest BCUT2D eigenvalue weighted by molar-refractivity contribution is 7.90. The molecule has 0 bridgehead atoms. The molecular formula is C23H26N4O3S. The number of aryl methyl sites for hydroxylation is 1. The predicted octanol–water partition coefficient (Wildman–Crippen LogP) is 3.63. The first-order valence-corrected chi connectivity index (χ1v) is 12.0. The minimum Gasteiger partial charge on any atom is -0.389 e. The summed E-state index contributed by atoms with van der Waals surface area (Å²) in [5.41, 5.74) is 3.67. The van der Waals surface area contributed by atoms with Crippen molar-refractivity contribution in [3.8, 4) is 16.9 Å². The summed E-state index contributed by atoms with van der Waals surface area (Å²) in [7, 11) is -3.25. The molecule has 0 unspecified atom stereocenters. The molecule has 0 aliphatic heterocycles. The maximum atomic E-state index is 11.8. The van der Waals surface area contributed by atoms with Gasteiger partial charge in [0.15, 0.2) is 9.84 Å². The molecule has 2 aromatic carbocycles. The van der Waals surface area contributed by atoms with Crippen molar-refractivity contribution in [2.45, 2.75) is 44.2 Å². The predicted molar refractivity (Wildman–Crippen MR) is 121 cm³/mol. The fourth-order valence-electron chi connectivity index (χ4n) is 3.71. The first kappa shape index (κ1) is 21.3. The molecule has 8 heteroatoms. The molecule has 31 heavy (non-hydrogen) atoms. The lowest BCUT2D eigenvalue weighted by Crippen LogP contribution is -2.26. The molecule has 2 aromatic heterocycles. The van der Waals surface area contributed by atoms with Gasteiger partial charge in [0, 0.05) is 17.2 Å². The van der Waals surface area contributed by atoms with Gasteiger partial charge in [-0.1, -0.05) is 19.1 Å². The Balaban J connectivity index is 1.80. The second-order valence-corrected chi connectivity index (χ2v) is 10.4. The van der Waals surface area contributed by atoms with Crippen LogP contribution in [0.5, 0.6) is 0 Å². The van der Waals surface area contributed by atoms with E-state index in [1.807, 2.05) is 16.8 Å². The quantitative estimate of drug-likeness (QED) is 0.497. The van der Waals surface area contributed by atoms with Crippen molar-refractivity contribution in [2.75, 3.05) is 6.26 Å². The third-order valence-corrected chi connectivity index (χ3v) is 6.28. The summed E-state index contributed by atoms with van der Waals surface area (Å²) in [5, 5.41) is 20.5. The minimum atomic E-state index is -3.25. The molecule has 2 heterocycles. The van der Waals surface area contributed by atoms with Gasteiger partial charge in [0.05, 0.1) is 45.8 Å².